The Kier molecular flexibility index (Phi) is 6.86. The van der Waals surface area contributed by atoms with Crippen LogP contribution in [0.2, 0.25) is 0 Å². The number of hydrogen-bond donors (Lipinski definition) is 2. The average molecular weight is 490 g/mol. The summed E-state index contributed by atoms with van der Waals surface area (Å²) in [6.45, 7) is 5.79. The van der Waals surface area contributed by atoms with Crippen molar-refractivity contribution in [3.63, 3.8) is 0 Å². The maximum absolute atomic E-state index is 12.8. The number of pyridine rings is 2. The lowest BCUT2D eigenvalue weighted by molar-refractivity contribution is 0.0523. The van der Waals surface area contributed by atoms with Crippen molar-refractivity contribution in [1.82, 2.24) is 25.0 Å². The summed E-state index contributed by atoms with van der Waals surface area (Å²) in [5, 5.41) is 6.33. The van der Waals surface area contributed by atoms with Crippen LogP contribution in [0.4, 0.5) is 4.79 Å². The number of ether oxygens (including phenoxy) is 2. The van der Waals surface area contributed by atoms with Crippen molar-refractivity contribution in [2.24, 2.45) is 0 Å². The van der Waals surface area contributed by atoms with Gasteiger partial charge in [0.05, 0.1) is 12.6 Å². The number of rotatable bonds is 6. The van der Waals surface area contributed by atoms with E-state index in [1.165, 1.54) is 17.6 Å². The van der Waals surface area contributed by atoms with Crippen LogP contribution in [0.15, 0.2) is 59.7 Å². The lowest BCUT2D eigenvalue weighted by atomic mass is 10.1. The monoisotopic (exact) mass is 489 g/mol. The summed E-state index contributed by atoms with van der Waals surface area (Å²) in [6.07, 6.45) is 2.75. The molecular formula is C26H27N5O5. The summed E-state index contributed by atoms with van der Waals surface area (Å²) in [6, 6.07) is 11.9. The van der Waals surface area contributed by atoms with Crippen molar-refractivity contribution in [2.45, 2.75) is 39.5 Å². The highest BCUT2D eigenvalue weighted by Gasteiger charge is 2.16. The Morgan fingerprint density at radius 2 is 1.86 bits per heavy atom. The first-order valence-electron chi connectivity index (χ1n) is 11.3. The Hall–Kier alpha value is -4.47. The number of amides is 2. The molecule has 10 heteroatoms. The van der Waals surface area contributed by atoms with Crippen LogP contribution in [0, 0.1) is 0 Å². The van der Waals surface area contributed by atoms with E-state index in [1.807, 2.05) is 12.1 Å². The van der Waals surface area contributed by atoms with E-state index in [4.69, 9.17) is 9.47 Å². The zero-order valence-corrected chi connectivity index (χ0v) is 20.5. The summed E-state index contributed by atoms with van der Waals surface area (Å²) in [5.41, 5.74) is 1.70. The topological polar surface area (TPSA) is 124 Å². The molecular weight excluding hydrogens is 462 g/mol. The van der Waals surface area contributed by atoms with Crippen LogP contribution in [0.5, 0.6) is 5.75 Å². The summed E-state index contributed by atoms with van der Waals surface area (Å²) in [7, 11) is 1.54. The number of aromatic nitrogens is 3. The highest BCUT2D eigenvalue weighted by atomic mass is 16.6. The second kappa shape index (κ2) is 10.0. The van der Waals surface area contributed by atoms with Crippen LogP contribution in [0.3, 0.4) is 0 Å². The molecule has 186 valence electrons. The fourth-order valence-electron chi connectivity index (χ4n) is 3.60. The van der Waals surface area contributed by atoms with Crippen molar-refractivity contribution >= 4 is 28.6 Å². The van der Waals surface area contributed by atoms with Gasteiger partial charge in [0.15, 0.2) is 0 Å². The maximum Gasteiger partial charge on any atom is 0.407 e. The lowest BCUT2D eigenvalue weighted by Gasteiger charge is -2.19. The average Bonchev–Trinajstić information content (AvgIpc) is 2.84. The molecule has 0 radical (unpaired) electrons. The molecule has 0 saturated carbocycles. The Bertz CT molecular complexity index is 1510. The number of carbonyl (C=O) groups excluding carboxylic acids is 2. The zero-order valence-electron chi connectivity index (χ0n) is 20.5. The first-order valence-corrected chi connectivity index (χ1v) is 11.3. The number of alkyl carbamates (subject to hydrolysis) is 1. The van der Waals surface area contributed by atoms with Crippen molar-refractivity contribution in [1.29, 1.82) is 0 Å². The number of methoxy groups -OCH3 is 1. The van der Waals surface area contributed by atoms with Crippen LogP contribution in [0.25, 0.3) is 16.6 Å². The highest BCUT2D eigenvalue weighted by molar-refractivity contribution is 5.92. The molecule has 1 aromatic carbocycles. The molecule has 0 aliphatic carbocycles. The molecule has 0 aliphatic heterocycles. The predicted molar refractivity (Wildman–Crippen MR) is 134 cm³/mol. The molecule has 4 aromatic rings. The van der Waals surface area contributed by atoms with Gasteiger partial charge in [-0.1, -0.05) is 6.07 Å². The summed E-state index contributed by atoms with van der Waals surface area (Å²) >= 11 is 0. The summed E-state index contributed by atoms with van der Waals surface area (Å²) in [5.74, 6) is 0.0792. The number of nitrogens with one attached hydrogen (secondary N) is 2. The van der Waals surface area contributed by atoms with Crippen LogP contribution < -0.4 is 20.9 Å². The Morgan fingerprint density at radius 1 is 1.06 bits per heavy atom. The molecule has 10 nitrogen and oxygen atoms in total. The minimum Gasteiger partial charge on any atom is -0.496 e. The van der Waals surface area contributed by atoms with E-state index in [0.29, 0.717) is 16.9 Å². The van der Waals surface area contributed by atoms with E-state index in [0.717, 1.165) is 16.5 Å². The number of benzene rings is 1. The van der Waals surface area contributed by atoms with E-state index < -0.39 is 17.6 Å². The van der Waals surface area contributed by atoms with E-state index in [2.05, 4.69) is 20.6 Å². The lowest BCUT2D eigenvalue weighted by Crippen LogP contribution is -2.32. The number of nitrogens with zero attached hydrogens (tertiary/aromatic N) is 3. The molecule has 2 amide bonds. The fourth-order valence-corrected chi connectivity index (χ4v) is 3.60. The fraction of sp³-hybridized carbons (Fsp3) is 0.269. The third-order valence-corrected chi connectivity index (χ3v) is 5.22. The van der Waals surface area contributed by atoms with Gasteiger partial charge in [0.2, 0.25) is 0 Å². The van der Waals surface area contributed by atoms with Gasteiger partial charge in [0.1, 0.15) is 22.7 Å². The summed E-state index contributed by atoms with van der Waals surface area (Å²) < 4.78 is 12.1. The minimum absolute atomic E-state index is 0.0307. The quantitative estimate of drug-likeness (QED) is 0.426. The SMILES string of the molecule is COc1cc2ncc(CNC(=O)OC(C)(C)C)cc2cc1CNC(=O)c1cc(=O)n2ccccc2n1. The largest absolute Gasteiger partial charge is 0.496 e. The smallest absolute Gasteiger partial charge is 0.407 e. The van der Waals surface area contributed by atoms with Crippen molar-refractivity contribution in [3.8, 4) is 5.75 Å². The van der Waals surface area contributed by atoms with Crippen LogP contribution in [0.1, 0.15) is 42.4 Å². The second-order valence-electron chi connectivity index (χ2n) is 9.15. The van der Waals surface area contributed by atoms with Gasteiger partial charge < -0.3 is 20.1 Å². The first-order chi connectivity index (χ1) is 17.1. The van der Waals surface area contributed by atoms with E-state index in [1.54, 1.807) is 57.4 Å². The van der Waals surface area contributed by atoms with Gasteiger partial charge in [-0.15, -0.1) is 0 Å². The summed E-state index contributed by atoms with van der Waals surface area (Å²) in [4.78, 5) is 45.7. The van der Waals surface area contributed by atoms with Gasteiger partial charge in [-0.2, -0.15) is 0 Å². The van der Waals surface area contributed by atoms with Crippen LogP contribution in [-0.4, -0.2) is 39.1 Å². The zero-order chi connectivity index (χ0) is 25.9. The van der Waals surface area contributed by atoms with E-state index in [-0.39, 0.29) is 24.3 Å². The molecule has 3 heterocycles. The van der Waals surface area contributed by atoms with Gasteiger partial charge in [-0.05, 0) is 50.6 Å². The molecule has 3 aromatic heterocycles. The Labute approximate surface area is 207 Å². The minimum atomic E-state index is -0.585. The Morgan fingerprint density at radius 3 is 2.61 bits per heavy atom. The molecule has 36 heavy (non-hydrogen) atoms. The van der Waals surface area contributed by atoms with Gasteiger partial charge in [-0.3, -0.25) is 19.0 Å². The first kappa shape index (κ1) is 24.6. The standard InChI is InChI=1S/C26H27N5O5/c1-26(2,3)36-25(34)29-14-16-9-17-10-18(21(35-4)11-19(17)27-13-16)15-28-24(33)20-12-23(32)31-8-6-5-7-22(31)30-20/h5-13H,14-15H2,1-4H3,(H,28,33)(H,29,34). The third kappa shape index (κ3) is 5.77. The third-order valence-electron chi connectivity index (χ3n) is 5.22. The molecule has 0 atom stereocenters. The molecule has 0 aliphatic rings. The second-order valence-corrected chi connectivity index (χ2v) is 9.15. The molecule has 0 unspecified atom stereocenters. The molecule has 0 spiro atoms. The van der Waals surface area contributed by atoms with Gasteiger partial charge in [0.25, 0.3) is 11.5 Å². The number of hydrogen-bond acceptors (Lipinski definition) is 7. The normalized spacial score (nSPS) is 11.3. The van der Waals surface area contributed by atoms with Crippen molar-refractivity contribution in [2.75, 3.05) is 7.11 Å². The van der Waals surface area contributed by atoms with Gasteiger partial charge in [-0.25, -0.2) is 9.78 Å². The van der Waals surface area contributed by atoms with E-state index in [9.17, 15) is 14.4 Å². The Balaban J connectivity index is 1.51. The van der Waals surface area contributed by atoms with E-state index >= 15 is 0 Å². The number of carbonyl (C=O) groups is 2. The molecule has 0 fully saturated rings. The van der Waals surface area contributed by atoms with Gasteiger partial charge in [0, 0.05) is 48.6 Å². The van der Waals surface area contributed by atoms with Crippen LogP contribution in [-0.2, 0) is 17.8 Å². The van der Waals surface area contributed by atoms with Crippen LogP contribution >= 0.6 is 0 Å². The predicted octanol–water partition coefficient (Wildman–Crippen LogP) is 3.21. The highest BCUT2D eigenvalue weighted by Crippen LogP contribution is 2.25. The molecule has 4 rings (SSSR count). The molecule has 2 N–H and O–H groups in total. The van der Waals surface area contributed by atoms with Gasteiger partial charge >= 0.3 is 6.09 Å². The number of fused-ring (bicyclic) bond motifs is 2. The molecule has 0 bridgehead atoms. The van der Waals surface area contributed by atoms with Crippen molar-refractivity contribution in [3.05, 3.63) is 82.0 Å². The van der Waals surface area contributed by atoms with Crippen molar-refractivity contribution < 1.29 is 19.1 Å². The molecule has 0 saturated heterocycles. The maximum atomic E-state index is 12.8.